The Hall–Kier alpha value is -3.86. The Bertz CT molecular complexity index is 1620. The van der Waals surface area contributed by atoms with Gasteiger partial charge in [0.2, 0.25) is 0 Å². The van der Waals surface area contributed by atoms with E-state index in [-0.39, 0.29) is 34.5 Å². The van der Waals surface area contributed by atoms with Gasteiger partial charge in [0.25, 0.3) is 5.91 Å². The van der Waals surface area contributed by atoms with Gasteiger partial charge in [-0.2, -0.15) is 0 Å². The van der Waals surface area contributed by atoms with E-state index in [0.29, 0.717) is 28.3 Å². The number of benzene rings is 1. The fourth-order valence-electron chi connectivity index (χ4n) is 4.22. The predicted molar refractivity (Wildman–Crippen MR) is 130 cm³/mol. The van der Waals surface area contributed by atoms with Crippen LogP contribution in [-0.2, 0) is 21.1 Å². The number of hydrogen-bond donors (Lipinski definition) is 1. The highest BCUT2D eigenvalue weighted by atomic mass is 32.2. The van der Waals surface area contributed by atoms with Gasteiger partial charge in [-0.25, -0.2) is 27.7 Å². The molecule has 11 heteroatoms. The Morgan fingerprint density at radius 3 is 2.67 bits per heavy atom. The lowest BCUT2D eigenvalue weighted by atomic mass is 10.1. The number of ether oxygens (including phenoxy) is 1. The summed E-state index contributed by atoms with van der Waals surface area (Å²) in [6, 6.07) is 8.72. The Morgan fingerprint density at radius 2 is 1.97 bits per heavy atom. The fraction of sp³-hybridized carbons (Fsp3) is 0.240. The molecule has 0 bridgehead atoms. The molecule has 0 radical (unpaired) electrons. The van der Waals surface area contributed by atoms with Crippen molar-refractivity contribution >= 4 is 27.0 Å². The number of amides is 1. The maximum Gasteiger partial charge on any atom is 0.268 e. The number of anilines is 1. The third-order valence-electron chi connectivity index (χ3n) is 6.25. The van der Waals surface area contributed by atoms with Gasteiger partial charge in [0.1, 0.15) is 16.5 Å². The molecule has 1 aromatic carbocycles. The van der Waals surface area contributed by atoms with Crippen molar-refractivity contribution in [2.45, 2.75) is 38.4 Å². The summed E-state index contributed by atoms with van der Waals surface area (Å²) >= 11 is 0. The van der Waals surface area contributed by atoms with Crippen LogP contribution in [0.1, 0.15) is 25.2 Å². The first kappa shape index (κ1) is 23.9. The van der Waals surface area contributed by atoms with Crippen LogP contribution in [0.4, 0.5) is 14.5 Å². The maximum atomic E-state index is 15.1. The molecule has 0 spiro atoms. The third kappa shape index (κ3) is 3.89. The van der Waals surface area contributed by atoms with Crippen molar-refractivity contribution in [3.05, 3.63) is 71.8 Å². The highest BCUT2D eigenvalue weighted by molar-refractivity contribution is 7.92. The first-order chi connectivity index (χ1) is 17.1. The number of fused-ring (bicyclic) bond motifs is 2. The van der Waals surface area contributed by atoms with Crippen LogP contribution in [-0.4, -0.2) is 36.3 Å². The molecule has 4 aromatic rings. The molecule has 186 valence electrons. The van der Waals surface area contributed by atoms with Crippen LogP contribution >= 0.6 is 0 Å². The van der Waals surface area contributed by atoms with Gasteiger partial charge in [0.15, 0.2) is 17.7 Å². The lowest BCUT2D eigenvalue weighted by Crippen LogP contribution is -2.44. The van der Waals surface area contributed by atoms with E-state index in [4.69, 9.17) is 9.52 Å². The van der Waals surface area contributed by atoms with Crippen LogP contribution in [0.15, 0.2) is 53.8 Å². The minimum Gasteiger partial charge on any atom is -0.476 e. The Kier molecular flexibility index (Phi) is 5.74. The number of pyridine rings is 2. The molecule has 1 N–H and O–H groups in total. The van der Waals surface area contributed by atoms with Gasteiger partial charge in [-0.05, 0) is 38.1 Å². The van der Waals surface area contributed by atoms with Gasteiger partial charge in [-0.3, -0.25) is 9.69 Å². The van der Waals surface area contributed by atoms with Crippen molar-refractivity contribution in [1.82, 2.24) is 14.4 Å². The zero-order chi connectivity index (χ0) is 25.8. The Labute approximate surface area is 206 Å². The highest BCUT2D eigenvalue weighted by Crippen LogP contribution is 2.37. The van der Waals surface area contributed by atoms with Gasteiger partial charge in [0.05, 0.1) is 33.3 Å². The van der Waals surface area contributed by atoms with Gasteiger partial charge in [-0.1, -0.05) is 13.0 Å². The molecule has 4 heterocycles. The predicted octanol–water partition coefficient (Wildman–Crippen LogP) is 4.72. The van der Waals surface area contributed by atoms with E-state index in [0.717, 1.165) is 0 Å². The minimum absolute atomic E-state index is 0.00650. The van der Waals surface area contributed by atoms with Crippen LogP contribution in [0.2, 0.25) is 0 Å². The lowest BCUT2D eigenvalue weighted by molar-refractivity contribution is -0.125. The summed E-state index contributed by atoms with van der Waals surface area (Å²) in [5.74, 6) is -1.29. The quantitative estimate of drug-likeness (QED) is 0.418. The molecule has 36 heavy (non-hydrogen) atoms. The molecule has 8 nitrogen and oxygen atoms in total. The number of carbonyl (C=O) groups excluding carboxylic acids is 1. The standard InChI is InChI=1S/C25H23F2N5O3S/c1-4-36(28,34)23-9-8-16(11-29-23)17-12-31-21(14(2)30-22(31)10-19(17)27)13-32-20-7-5-6-18(26)24(20)35-15(3)25(32)33/h5-12,15,28H,4,13H2,1-3H3/t15-,36?/m0/s1. The number of para-hydroxylation sites is 1. The molecule has 1 aliphatic heterocycles. The summed E-state index contributed by atoms with van der Waals surface area (Å²) in [4.78, 5) is 23.0. The molecular formula is C25H23F2N5O3S. The van der Waals surface area contributed by atoms with Crippen LogP contribution in [0.25, 0.3) is 16.8 Å². The van der Waals surface area contributed by atoms with E-state index in [1.807, 2.05) is 0 Å². The molecular weight excluding hydrogens is 488 g/mol. The monoisotopic (exact) mass is 511 g/mol. The molecule has 1 unspecified atom stereocenters. The molecule has 3 aromatic heterocycles. The van der Waals surface area contributed by atoms with Gasteiger partial charge in [0, 0.05) is 35.3 Å². The SMILES string of the molecule is CCS(=N)(=O)c1ccc(-c2cn3c(CN4C(=O)[C@H](C)Oc5c(F)cccc54)c(C)nc3cc2F)cn1. The van der Waals surface area contributed by atoms with E-state index in [1.165, 1.54) is 35.4 Å². The minimum atomic E-state index is -2.99. The zero-order valence-electron chi connectivity index (χ0n) is 19.8. The summed E-state index contributed by atoms with van der Waals surface area (Å²) in [7, 11) is -2.99. The molecule has 0 fully saturated rings. The second kappa shape index (κ2) is 8.66. The van der Waals surface area contributed by atoms with E-state index in [9.17, 15) is 13.4 Å². The fourth-order valence-corrected chi connectivity index (χ4v) is 5.03. The number of nitrogens with zero attached hydrogens (tertiary/aromatic N) is 4. The molecule has 0 saturated heterocycles. The second-order valence-corrected chi connectivity index (χ2v) is 10.9. The van der Waals surface area contributed by atoms with Crippen LogP contribution < -0.4 is 9.64 Å². The Balaban J connectivity index is 1.59. The summed E-state index contributed by atoms with van der Waals surface area (Å²) in [6.45, 7) is 5.03. The first-order valence-corrected chi connectivity index (χ1v) is 13.0. The number of rotatable bonds is 5. The number of aryl methyl sites for hydroxylation is 1. The number of aromatic nitrogens is 3. The van der Waals surface area contributed by atoms with Gasteiger partial charge < -0.3 is 9.14 Å². The van der Waals surface area contributed by atoms with Crippen molar-refractivity contribution in [2.75, 3.05) is 10.7 Å². The summed E-state index contributed by atoms with van der Waals surface area (Å²) < 4.78 is 56.9. The average Bonchev–Trinajstić information content (AvgIpc) is 3.15. The van der Waals surface area contributed by atoms with Gasteiger partial charge in [-0.15, -0.1) is 0 Å². The van der Waals surface area contributed by atoms with E-state index in [2.05, 4.69) is 9.97 Å². The Morgan fingerprint density at radius 1 is 1.19 bits per heavy atom. The average molecular weight is 512 g/mol. The third-order valence-corrected chi connectivity index (χ3v) is 7.98. The first-order valence-electron chi connectivity index (χ1n) is 11.3. The molecule has 0 saturated carbocycles. The molecule has 2 atom stereocenters. The second-order valence-electron chi connectivity index (χ2n) is 8.53. The van der Waals surface area contributed by atoms with Crippen molar-refractivity contribution in [1.29, 1.82) is 4.78 Å². The molecule has 1 aliphatic rings. The summed E-state index contributed by atoms with van der Waals surface area (Å²) in [5.41, 5.74) is 2.52. The van der Waals surface area contributed by atoms with Crippen LogP contribution in [0.3, 0.4) is 0 Å². The van der Waals surface area contributed by atoms with Crippen molar-refractivity contribution in [3.63, 3.8) is 0 Å². The van der Waals surface area contributed by atoms with Crippen LogP contribution in [0, 0.1) is 23.3 Å². The number of halogens is 2. The number of nitrogens with one attached hydrogen (secondary N) is 1. The lowest BCUT2D eigenvalue weighted by Gasteiger charge is -2.33. The topological polar surface area (TPSA) is 101 Å². The highest BCUT2D eigenvalue weighted by Gasteiger charge is 2.34. The normalized spacial score (nSPS) is 17.1. The van der Waals surface area contributed by atoms with Crippen molar-refractivity contribution in [2.24, 2.45) is 0 Å². The number of imidazole rings is 1. The number of carbonyl (C=O) groups is 1. The number of hydrogen-bond acceptors (Lipinski definition) is 6. The van der Waals surface area contributed by atoms with E-state index < -0.39 is 27.5 Å². The van der Waals surface area contributed by atoms with Crippen molar-refractivity contribution < 1.29 is 22.5 Å². The molecule has 0 aliphatic carbocycles. The molecule has 1 amide bonds. The van der Waals surface area contributed by atoms with Gasteiger partial charge >= 0.3 is 0 Å². The maximum absolute atomic E-state index is 15.1. The summed E-state index contributed by atoms with van der Waals surface area (Å²) in [6.07, 6.45) is 2.08. The smallest absolute Gasteiger partial charge is 0.268 e. The molecule has 5 rings (SSSR count). The van der Waals surface area contributed by atoms with Crippen LogP contribution in [0.5, 0.6) is 5.75 Å². The van der Waals surface area contributed by atoms with E-state index in [1.54, 1.807) is 43.5 Å². The largest absolute Gasteiger partial charge is 0.476 e. The summed E-state index contributed by atoms with van der Waals surface area (Å²) in [5, 5.41) is 0.139. The van der Waals surface area contributed by atoms with Crippen molar-refractivity contribution in [3.8, 4) is 16.9 Å². The van der Waals surface area contributed by atoms with E-state index >= 15 is 4.39 Å². The zero-order valence-corrected chi connectivity index (χ0v) is 20.6.